The average molecular weight is 318 g/mol. The van der Waals surface area contributed by atoms with E-state index in [0.717, 1.165) is 6.42 Å². The van der Waals surface area contributed by atoms with Crippen LogP contribution in [0.4, 0.5) is 0 Å². The van der Waals surface area contributed by atoms with Crippen molar-refractivity contribution in [1.29, 1.82) is 0 Å². The lowest BCUT2D eigenvalue weighted by atomic mass is 9.85. The second-order valence-electron chi connectivity index (χ2n) is 6.55. The van der Waals surface area contributed by atoms with Crippen molar-refractivity contribution in [3.8, 4) is 0 Å². The summed E-state index contributed by atoms with van der Waals surface area (Å²) in [5, 5.41) is -0.512. The Hall–Kier alpha value is -0.960. The number of hydrogen-bond acceptors (Lipinski definition) is 5. The van der Waals surface area contributed by atoms with Crippen molar-refractivity contribution in [1.82, 2.24) is 0 Å². The summed E-state index contributed by atoms with van der Waals surface area (Å²) in [4.78, 5) is 34.1. The molecule has 0 N–H and O–H groups in total. The molecule has 0 aromatic rings. The molecule has 0 amide bonds. The number of carbonyl (C=O) groups is 3. The maximum atomic E-state index is 12.2. The maximum Gasteiger partial charge on any atom is 0.316 e. The van der Waals surface area contributed by atoms with Crippen LogP contribution in [-0.2, 0) is 23.9 Å². The molecule has 0 bridgehead atoms. The quantitative estimate of drug-likeness (QED) is 0.298. The van der Waals surface area contributed by atoms with Crippen molar-refractivity contribution < 1.29 is 23.9 Å². The van der Waals surface area contributed by atoms with E-state index in [1.807, 2.05) is 13.6 Å². The van der Waals surface area contributed by atoms with E-state index in [2.05, 4.69) is 20.8 Å². The fourth-order valence-corrected chi connectivity index (χ4v) is 3.01. The Labute approximate surface area is 128 Å². The third-order valence-corrected chi connectivity index (χ3v) is 4.34. The molecule has 122 valence electrons. The fraction of sp³-hybridized carbons (Fsp3) is 0.800. The van der Waals surface area contributed by atoms with E-state index in [1.165, 1.54) is 6.92 Å². The highest BCUT2D eigenvalue weighted by Crippen LogP contribution is 2.40. The predicted octanol–water partition coefficient (Wildman–Crippen LogP) is 2.56. The van der Waals surface area contributed by atoms with E-state index in [0.29, 0.717) is 8.58 Å². The molecule has 0 aromatic carbocycles. The minimum absolute atomic E-state index is 0.0176. The zero-order valence-corrected chi connectivity index (χ0v) is 14.9. The van der Waals surface area contributed by atoms with E-state index < -0.39 is 11.1 Å². The molecule has 5 nitrogen and oxygen atoms in total. The second-order valence-corrected chi connectivity index (χ2v) is 8.16. The van der Waals surface area contributed by atoms with Crippen molar-refractivity contribution in [2.45, 2.75) is 52.6 Å². The molecular weight excluding hydrogens is 291 g/mol. The Morgan fingerprint density at radius 3 is 1.95 bits per heavy atom. The Morgan fingerprint density at radius 1 is 1.00 bits per heavy atom. The smallest absolute Gasteiger partial charge is 0.316 e. The van der Waals surface area contributed by atoms with E-state index in [9.17, 15) is 14.4 Å². The van der Waals surface area contributed by atoms with Gasteiger partial charge in [0.1, 0.15) is 25.4 Å². The Balaban J connectivity index is 4.23. The number of ketones is 1. The van der Waals surface area contributed by atoms with Gasteiger partial charge in [0.05, 0.1) is 5.16 Å². The number of esters is 2. The minimum atomic E-state index is -0.589. The third-order valence-electron chi connectivity index (χ3n) is 2.86. The highest BCUT2D eigenvalue weighted by Gasteiger charge is 2.37. The van der Waals surface area contributed by atoms with Gasteiger partial charge in [-0.05, 0) is 32.3 Å². The van der Waals surface area contributed by atoms with Crippen molar-refractivity contribution in [2.75, 3.05) is 19.9 Å². The molecule has 0 aromatic heterocycles. The van der Waals surface area contributed by atoms with Gasteiger partial charge in [0.25, 0.3) is 0 Å². The van der Waals surface area contributed by atoms with Crippen LogP contribution in [0, 0.1) is 5.41 Å². The number of rotatable bonds is 8. The fourth-order valence-electron chi connectivity index (χ4n) is 2.03. The van der Waals surface area contributed by atoms with Crippen molar-refractivity contribution in [3.63, 3.8) is 0 Å². The lowest BCUT2D eigenvalue weighted by Gasteiger charge is -2.32. The van der Waals surface area contributed by atoms with Gasteiger partial charge in [-0.25, -0.2) is 0 Å². The number of hydrogen-bond donors (Lipinski definition) is 0. The molecule has 0 aliphatic carbocycles. The van der Waals surface area contributed by atoms with Crippen molar-refractivity contribution in [3.05, 3.63) is 0 Å². The van der Waals surface area contributed by atoms with E-state index in [-0.39, 0.29) is 36.8 Å². The molecule has 0 aliphatic rings. The molecule has 0 fully saturated rings. The monoisotopic (exact) mass is 318 g/mol. The normalized spacial score (nSPS) is 14.8. The summed E-state index contributed by atoms with van der Waals surface area (Å²) in [6, 6.07) is 0. The molecule has 2 unspecified atom stereocenters. The van der Waals surface area contributed by atoms with Crippen molar-refractivity contribution in [2.24, 2.45) is 5.41 Å². The molecule has 2 atom stereocenters. The summed E-state index contributed by atoms with van der Waals surface area (Å²) in [6.45, 7) is 11.5. The van der Waals surface area contributed by atoms with Gasteiger partial charge < -0.3 is 9.47 Å². The van der Waals surface area contributed by atoms with E-state index in [4.69, 9.17) is 9.47 Å². The molecule has 0 heterocycles. The third kappa shape index (κ3) is 8.82. The van der Waals surface area contributed by atoms with Crippen LogP contribution in [-0.4, -0.2) is 42.8 Å². The van der Waals surface area contributed by atoms with Gasteiger partial charge in [0, 0.05) is 0 Å². The zero-order valence-electron chi connectivity index (χ0n) is 13.9. The van der Waals surface area contributed by atoms with E-state index >= 15 is 0 Å². The average Bonchev–Trinajstić information content (AvgIpc) is 2.31. The molecule has 0 radical (unpaired) electrons. The summed E-state index contributed by atoms with van der Waals surface area (Å²) in [5.74, 6) is -1.10. The first kappa shape index (κ1) is 20.0. The highest BCUT2D eigenvalue weighted by atomic mass is 31.1. The van der Waals surface area contributed by atoms with Gasteiger partial charge in [-0.1, -0.05) is 20.8 Å². The van der Waals surface area contributed by atoms with Crippen LogP contribution in [0.25, 0.3) is 0 Å². The van der Waals surface area contributed by atoms with Crippen molar-refractivity contribution >= 4 is 26.3 Å². The maximum absolute atomic E-state index is 12.2. The largest absolute Gasteiger partial charge is 0.462 e. The van der Waals surface area contributed by atoms with Crippen LogP contribution in [0.3, 0.4) is 0 Å². The van der Waals surface area contributed by atoms with Gasteiger partial charge >= 0.3 is 11.9 Å². The summed E-state index contributed by atoms with van der Waals surface area (Å²) >= 11 is 0. The first-order valence-corrected chi connectivity index (χ1v) is 8.51. The summed E-state index contributed by atoms with van der Waals surface area (Å²) in [6.07, 6.45) is 0.490. The van der Waals surface area contributed by atoms with Crippen LogP contribution in [0.5, 0.6) is 0 Å². The summed E-state index contributed by atoms with van der Waals surface area (Å²) in [5.41, 5.74) is 0.0325. The van der Waals surface area contributed by atoms with Gasteiger partial charge in [0.15, 0.2) is 0 Å². The lowest BCUT2D eigenvalue weighted by molar-refractivity contribution is -0.155. The molecule has 6 heteroatoms. The Kier molecular flexibility index (Phi) is 8.09. The minimum Gasteiger partial charge on any atom is -0.462 e. The molecule has 0 rings (SSSR count). The second kappa shape index (κ2) is 8.47. The summed E-state index contributed by atoms with van der Waals surface area (Å²) < 4.78 is 10.0. The first-order chi connectivity index (χ1) is 9.50. The molecular formula is C15H27O5P. The SMILES string of the molecule is CPC(C)(CC(C)(C)C)C(=O)OCCOC(=O)CC(C)=O. The van der Waals surface area contributed by atoms with Crippen LogP contribution in [0.15, 0.2) is 0 Å². The Bertz CT molecular complexity index is 386. The van der Waals surface area contributed by atoms with Crippen LogP contribution < -0.4 is 0 Å². The predicted molar refractivity (Wildman–Crippen MR) is 83.9 cm³/mol. The highest BCUT2D eigenvalue weighted by molar-refractivity contribution is 7.40. The molecule has 0 aliphatic heterocycles. The topological polar surface area (TPSA) is 69.7 Å². The standard InChI is InChI=1S/C15H27O5P/c1-11(16)9-12(17)19-7-8-20-13(18)15(5,21-6)10-14(2,3)4/h21H,7-10H2,1-6H3. The van der Waals surface area contributed by atoms with Gasteiger partial charge in [0.2, 0.25) is 0 Å². The molecule has 0 spiro atoms. The lowest BCUT2D eigenvalue weighted by Crippen LogP contribution is -2.37. The summed E-state index contributed by atoms with van der Waals surface area (Å²) in [7, 11) is 0.433. The molecule has 21 heavy (non-hydrogen) atoms. The van der Waals surface area contributed by atoms with Crippen LogP contribution >= 0.6 is 8.58 Å². The van der Waals surface area contributed by atoms with Crippen LogP contribution in [0.1, 0.15) is 47.5 Å². The van der Waals surface area contributed by atoms with E-state index in [1.54, 1.807) is 0 Å². The number of ether oxygens (including phenoxy) is 2. The van der Waals surface area contributed by atoms with Gasteiger partial charge in [-0.3, -0.25) is 14.4 Å². The first-order valence-electron chi connectivity index (χ1n) is 7.01. The van der Waals surface area contributed by atoms with Crippen LogP contribution in [0.2, 0.25) is 0 Å². The number of carbonyl (C=O) groups excluding carboxylic acids is 3. The molecule has 0 saturated carbocycles. The van der Waals surface area contributed by atoms with Gasteiger partial charge in [-0.15, -0.1) is 8.58 Å². The molecule has 0 saturated heterocycles. The Morgan fingerprint density at radius 2 is 1.52 bits per heavy atom. The van der Waals surface area contributed by atoms with Gasteiger partial charge in [-0.2, -0.15) is 0 Å². The zero-order chi connectivity index (χ0) is 16.7. The number of Topliss-reactive ketones (excluding diaryl/α,β-unsaturated/α-hetero) is 1.